The zero-order valence-corrected chi connectivity index (χ0v) is 16.1. The van der Waals surface area contributed by atoms with Gasteiger partial charge >= 0.3 is 0 Å². The minimum atomic E-state index is -0.270. The molecule has 0 saturated heterocycles. The van der Waals surface area contributed by atoms with Gasteiger partial charge in [0.2, 0.25) is 5.78 Å². The molecule has 0 saturated carbocycles. The van der Waals surface area contributed by atoms with E-state index in [1.165, 1.54) is 23.9 Å². The third-order valence-corrected chi connectivity index (χ3v) is 5.47. The first-order valence-corrected chi connectivity index (χ1v) is 9.89. The molecule has 0 fully saturated rings. The summed E-state index contributed by atoms with van der Waals surface area (Å²) >= 11 is 7.61. The van der Waals surface area contributed by atoms with Gasteiger partial charge in [0.1, 0.15) is 5.82 Å². The number of hydrogen-bond donors (Lipinski definition) is 0. The lowest BCUT2D eigenvalue weighted by atomic mass is 10.2. The van der Waals surface area contributed by atoms with Gasteiger partial charge in [-0.05, 0) is 42.3 Å². The van der Waals surface area contributed by atoms with Crippen LogP contribution in [0.1, 0.15) is 18.9 Å². The van der Waals surface area contributed by atoms with Gasteiger partial charge in [-0.15, -0.1) is 10.2 Å². The first-order valence-electron chi connectivity index (χ1n) is 8.53. The molecule has 138 valence electrons. The van der Waals surface area contributed by atoms with Crippen LogP contribution in [0.5, 0.6) is 0 Å². The predicted octanol–water partition coefficient (Wildman–Crippen LogP) is 4.54. The van der Waals surface area contributed by atoms with E-state index < -0.39 is 0 Å². The molecule has 0 aliphatic rings. The van der Waals surface area contributed by atoms with Crippen LogP contribution in [0, 0.1) is 5.82 Å². The largest absolute Gasteiger partial charge is 0.276 e. The number of benzene rings is 2. The van der Waals surface area contributed by atoms with Crippen LogP contribution in [0.2, 0.25) is 5.02 Å². The van der Waals surface area contributed by atoms with Gasteiger partial charge in [0.25, 0.3) is 5.56 Å². The Morgan fingerprint density at radius 3 is 2.81 bits per heavy atom. The summed E-state index contributed by atoms with van der Waals surface area (Å²) in [6.45, 7) is 2.55. The first-order chi connectivity index (χ1) is 13.1. The minimum absolute atomic E-state index is 0.106. The Morgan fingerprint density at radius 1 is 1.19 bits per heavy atom. The smallest absolute Gasteiger partial charge is 0.262 e. The number of halogens is 2. The van der Waals surface area contributed by atoms with E-state index >= 15 is 0 Å². The quantitative estimate of drug-likeness (QED) is 0.460. The average molecular weight is 403 g/mol. The maximum absolute atomic E-state index is 13.4. The SMILES string of the molecule is CCCn1c(=O)c2ccc(Cl)cc2n2c(SCc3cccc(F)c3)nnc12. The maximum atomic E-state index is 13.4. The number of fused-ring (bicyclic) bond motifs is 3. The van der Waals surface area contributed by atoms with Crippen LogP contribution in [0.3, 0.4) is 0 Å². The van der Waals surface area contributed by atoms with Crippen molar-refractivity contribution in [2.45, 2.75) is 30.8 Å². The van der Waals surface area contributed by atoms with E-state index in [4.69, 9.17) is 11.6 Å². The Bertz CT molecular complexity index is 1200. The molecule has 2 heterocycles. The highest BCUT2D eigenvalue weighted by Gasteiger charge is 2.17. The molecule has 0 bridgehead atoms. The molecule has 0 aliphatic heterocycles. The van der Waals surface area contributed by atoms with Gasteiger partial charge in [-0.3, -0.25) is 13.8 Å². The first kappa shape index (κ1) is 18.0. The van der Waals surface area contributed by atoms with Gasteiger partial charge in [0.05, 0.1) is 10.9 Å². The molecule has 0 radical (unpaired) electrons. The summed E-state index contributed by atoms with van der Waals surface area (Å²) < 4.78 is 16.9. The van der Waals surface area contributed by atoms with E-state index in [1.807, 2.05) is 17.4 Å². The van der Waals surface area contributed by atoms with Crippen LogP contribution in [0.4, 0.5) is 4.39 Å². The number of nitrogens with zero attached hydrogens (tertiary/aromatic N) is 4. The highest BCUT2D eigenvalue weighted by Crippen LogP contribution is 2.26. The van der Waals surface area contributed by atoms with Gasteiger partial charge in [-0.1, -0.05) is 42.4 Å². The molecule has 0 atom stereocenters. The van der Waals surface area contributed by atoms with E-state index in [9.17, 15) is 9.18 Å². The number of aromatic nitrogens is 4. The van der Waals surface area contributed by atoms with Crippen molar-refractivity contribution in [1.29, 1.82) is 0 Å². The Balaban J connectivity index is 1.88. The monoisotopic (exact) mass is 402 g/mol. The van der Waals surface area contributed by atoms with Gasteiger partial charge < -0.3 is 0 Å². The number of rotatable bonds is 5. The van der Waals surface area contributed by atoms with Crippen molar-refractivity contribution in [2.24, 2.45) is 0 Å². The highest BCUT2D eigenvalue weighted by molar-refractivity contribution is 7.98. The summed E-state index contributed by atoms with van der Waals surface area (Å²) in [4.78, 5) is 12.9. The van der Waals surface area contributed by atoms with Crippen molar-refractivity contribution < 1.29 is 4.39 Å². The van der Waals surface area contributed by atoms with Gasteiger partial charge in [0.15, 0.2) is 5.16 Å². The Labute approximate surface area is 163 Å². The third-order valence-electron chi connectivity index (χ3n) is 4.24. The van der Waals surface area contributed by atoms with Crippen molar-refractivity contribution in [3.63, 3.8) is 0 Å². The van der Waals surface area contributed by atoms with E-state index in [-0.39, 0.29) is 11.4 Å². The fraction of sp³-hybridized carbons (Fsp3) is 0.211. The van der Waals surface area contributed by atoms with Crippen molar-refractivity contribution in [3.8, 4) is 0 Å². The predicted molar refractivity (Wildman–Crippen MR) is 106 cm³/mol. The minimum Gasteiger partial charge on any atom is -0.276 e. The van der Waals surface area contributed by atoms with Gasteiger partial charge in [-0.25, -0.2) is 4.39 Å². The second kappa shape index (κ2) is 7.32. The summed E-state index contributed by atoms with van der Waals surface area (Å²) in [5.74, 6) is 0.750. The van der Waals surface area contributed by atoms with Crippen LogP contribution in [-0.4, -0.2) is 19.2 Å². The molecule has 2 aromatic heterocycles. The van der Waals surface area contributed by atoms with Gasteiger partial charge in [0, 0.05) is 17.3 Å². The molecule has 0 unspecified atom stereocenters. The zero-order chi connectivity index (χ0) is 19.0. The normalized spacial score (nSPS) is 11.5. The topological polar surface area (TPSA) is 52.2 Å². The van der Waals surface area contributed by atoms with Crippen molar-refractivity contribution in [3.05, 3.63) is 69.2 Å². The second-order valence-electron chi connectivity index (χ2n) is 6.15. The van der Waals surface area contributed by atoms with E-state index in [0.717, 1.165) is 12.0 Å². The van der Waals surface area contributed by atoms with Crippen molar-refractivity contribution in [1.82, 2.24) is 19.2 Å². The standard InChI is InChI=1S/C19H16ClFN4OS/c1-2-8-24-17(26)15-7-6-13(20)10-16(15)25-18(24)22-23-19(25)27-11-12-4-3-5-14(21)9-12/h3-7,9-10H,2,8,11H2,1H3. The summed E-state index contributed by atoms with van der Waals surface area (Å²) in [6.07, 6.45) is 0.799. The lowest BCUT2D eigenvalue weighted by Crippen LogP contribution is -2.23. The fourth-order valence-electron chi connectivity index (χ4n) is 3.05. The molecular formula is C19H16ClFN4OS. The zero-order valence-electron chi connectivity index (χ0n) is 14.5. The van der Waals surface area contributed by atoms with Crippen LogP contribution in [-0.2, 0) is 12.3 Å². The Morgan fingerprint density at radius 2 is 2.04 bits per heavy atom. The summed E-state index contributed by atoms with van der Waals surface area (Å²) in [6, 6.07) is 11.6. The van der Waals surface area contributed by atoms with Crippen LogP contribution in [0.15, 0.2) is 52.4 Å². The molecule has 27 heavy (non-hydrogen) atoms. The van der Waals surface area contributed by atoms with Crippen LogP contribution in [0.25, 0.3) is 16.7 Å². The lowest BCUT2D eigenvalue weighted by Gasteiger charge is -2.10. The van der Waals surface area contributed by atoms with Crippen molar-refractivity contribution in [2.75, 3.05) is 0 Å². The molecule has 0 spiro atoms. The number of thioether (sulfide) groups is 1. The molecule has 2 aromatic carbocycles. The number of aryl methyl sites for hydroxylation is 1. The van der Waals surface area contributed by atoms with Crippen LogP contribution < -0.4 is 5.56 Å². The third kappa shape index (κ3) is 3.33. The molecule has 0 N–H and O–H groups in total. The lowest BCUT2D eigenvalue weighted by molar-refractivity contribution is 0.626. The molecule has 4 rings (SSSR count). The summed E-state index contributed by atoms with van der Waals surface area (Å²) in [7, 11) is 0. The molecule has 0 amide bonds. The molecule has 0 aliphatic carbocycles. The Kier molecular flexibility index (Phi) is 4.88. The summed E-state index contributed by atoms with van der Waals surface area (Å²) in [5.41, 5.74) is 1.41. The van der Waals surface area contributed by atoms with Gasteiger partial charge in [-0.2, -0.15) is 0 Å². The van der Waals surface area contributed by atoms with E-state index in [0.29, 0.717) is 39.2 Å². The maximum Gasteiger partial charge on any atom is 0.262 e. The molecule has 5 nitrogen and oxygen atoms in total. The number of hydrogen-bond acceptors (Lipinski definition) is 4. The molecule has 4 aromatic rings. The fourth-order valence-corrected chi connectivity index (χ4v) is 4.10. The van der Waals surface area contributed by atoms with Crippen LogP contribution >= 0.6 is 23.4 Å². The van der Waals surface area contributed by atoms with E-state index in [1.54, 1.807) is 28.8 Å². The highest BCUT2D eigenvalue weighted by atomic mass is 35.5. The second-order valence-corrected chi connectivity index (χ2v) is 7.53. The molecule has 8 heteroatoms. The molecular weight excluding hydrogens is 387 g/mol. The van der Waals surface area contributed by atoms with Crippen molar-refractivity contribution >= 4 is 40.0 Å². The Hall–Kier alpha value is -2.38. The van der Waals surface area contributed by atoms with E-state index in [2.05, 4.69) is 10.2 Å². The average Bonchev–Trinajstić information content (AvgIpc) is 3.07. The summed E-state index contributed by atoms with van der Waals surface area (Å²) in [5, 5.41) is 10.2.